The number of nitrogens with zero attached hydrogens (tertiary/aromatic N) is 5. The van der Waals surface area contributed by atoms with Crippen molar-refractivity contribution in [3.05, 3.63) is 23.0 Å². The Labute approximate surface area is 105 Å². The van der Waals surface area contributed by atoms with Crippen LogP contribution in [-0.4, -0.2) is 15.6 Å². The normalized spacial score (nSPS) is 12.4. The minimum atomic E-state index is 0.472. The van der Waals surface area contributed by atoms with Gasteiger partial charge >= 0.3 is 0 Å². The van der Waals surface area contributed by atoms with Crippen molar-refractivity contribution in [3.8, 4) is 0 Å². The molecule has 1 rings (SSSR count). The van der Waals surface area contributed by atoms with Gasteiger partial charge in [-0.3, -0.25) is 4.68 Å². The molecular formula is C10H16N6S. The summed E-state index contributed by atoms with van der Waals surface area (Å²) in [6.07, 6.45) is 0. The zero-order valence-corrected chi connectivity index (χ0v) is 11.2. The van der Waals surface area contributed by atoms with Crippen molar-refractivity contribution in [2.75, 3.05) is 0 Å². The second-order valence-corrected chi connectivity index (χ2v) is 4.40. The van der Waals surface area contributed by atoms with Crippen molar-refractivity contribution in [1.29, 1.82) is 0 Å². The first-order chi connectivity index (χ1) is 7.91. The molecule has 7 heteroatoms. The lowest BCUT2D eigenvalue weighted by molar-refractivity contribution is 0.731. The number of rotatable bonds is 4. The topological polar surface area (TPSA) is 80.9 Å². The Kier molecular flexibility index (Phi) is 4.45. The van der Waals surface area contributed by atoms with Gasteiger partial charge in [0.1, 0.15) is 16.6 Å². The van der Waals surface area contributed by atoms with E-state index in [0.717, 1.165) is 29.0 Å². The number of aromatic nitrogens is 2. The van der Waals surface area contributed by atoms with Crippen molar-refractivity contribution >= 4 is 23.5 Å². The van der Waals surface area contributed by atoms with Crippen molar-refractivity contribution in [1.82, 2.24) is 9.78 Å². The quantitative estimate of drug-likeness (QED) is 0.387. The van der Waals surface area contributed by atoms with Gasteiger partial charge in [0, 0.05) is 19.0 Å². The molecule has 0 radical (unpaired) electrons. The van der Waals surface area contributed by atoms with Gasteiger partial charge in [-0.15, -0.1) is 10.2 Å². The fourth-order valence-electron chi connectivity index (χ4n) is 1.16. The lowest BCUT2D eigenvalue weighted by atomic mass is 10.3. The number of nitrogens with two attached hydrogens (primary N) is 1. The van der Waals surface area contributed by atoms with Gasteiger partial charge in [-0.2, -0.15) is 9.50 Å². The molecule has 0 amide bonds. The van der Waals surface area contributed by atoms with Crippen LogP contribution in [0.5, 0.6) is 0 Å². The van der Waals surface area contributed by atoms with E-state index in [1.807, 2.05) is 20.9 Å². The molecule has 0 aliphatic heterocycles. The maximum absolute atomic E-state index is 5.40. The molecule has 0 aliphatic carbocycles. The summed E-state index contributed by atoms with van der Waals surface area (Å²) in [6.45, 7) is 9.25. The third kappa shape index (κ3) is 3.70. The van der Waals surface area contributed by atoms with E-state index in [2.05, 4.69) is 26.3 Å². The monoisotopic (exact) mass is 252 g/mol. The molecule has 0 atom stereocenters. The van der Waals surface area contributed by atoms with Gasteiger partial charge in [0.2, 0.25) is 0 Å². The SMILES string of the molecule is C=C(N=Nc1c(C)nn(C)c1C)SN=C(C)N. The number of azo groups is 1. The van der Waals surface area contributed by atoms with Crippen LogP contribution in [-0.2, 0) is 7.05 Å². The molecule has 92 valence electrons. The average Bonchev–Trinajstić information content (AvgIpc) is 2.48. The van der Waals surface area contributed by atoms with Gasteiger partial charge < -0.3 is 5.73 Å². The van der Waals surface area contributed by atoms with Crippen LogP contribution in [0.1, 0.15) is 18.3 Å². The maximum atomic E-state index is 5.40. The highest BCUT2D eigenvalue weighted by Gasteiger charge is 2.07. The summed E-state index contributed by atoms with van der Waals surface area (Å²) in [5, 5.41) is 12.8. The van der Waals surface area contributed by atoms with Gasteiger partial charge in [-0.25, -0.2) is 0 Å². The number of hydrogen-bond acceptors (Lipinski definition) is 5. The lowest BCUT2D eigenvalue weighted by Crippen LogP contribution is -2.03. The minimum Gasteiger partial charge on any atom is -0.387 e. The van der Waals surface area contributed by atoms with Gasteiger partial charge in [0.05, 0.1) is 11.4 Å². The van der Waals surface area contributed by atoms with Crippen LogP contribution < -0.4 is 5.73 Å². The van der Waals surface area contributed by atoms with Crippen LogP contribution in [0.25, 0.3) is 0 Å². The molecule has 1 aromatic heterocycles. The molecule has 1 heterocycles. The summed E-state index contributed by atoms with van der Waals surface area (Å²) in [7, 11) is 1.87. The Bertz CT molecular complexity index is 481. The number of aryl methyl sites for hydroxylation is 2. The molecule has 1 aromatic rings. The zero-order valence-electron chi connectivity index (χ0n) is 10.4. The molecule has 0 aliphatic rings. The van der Waals surface area contributed by atoms with E-state index >= 15 is 0 Å². The van der Waals surface area contributed by atoms with Crippen LogP contribution in [0.3, 0.4) is 0 Å². The highest BCUT2D eigenvalue weighted by Crippen LogP contribution is 2.25. The third-order valence-electron chi connectivity index (χ3n) is 2.03. The summed E-state index contributed by atoms with van der Waals surface area (Å²) in [5.74, 6) is 0.472. The molecular weight excluding hydrogens is 236 g/mol. The second-order valence-electron chi connectivity index (χ2n) is 3.56. The van der Waals surface area contributed by atoms with Gasteiger partial charge in [0.25, 0.3) is 0 Å². The molecule has 0 spiro atoms. The Morgan fingerprint density at radius 1 is 1.47 bits per heavy atom. The van der Waals surface area contributed by atoms with Gasteiger partial charge in [-0.1, -0.05) is 6.58 Å². The second kappa shape index (κ2) is 5.62. The molecule has 2 N–H and O–H groups in total. The van der Waals surface area contributed by atoms with Gasteiger partial charge in [-0.05, 0) is 20.8 Å². The zero-order chi connectivity index (χ0) is 13.0. The molecule has 0 aromatic carbocycles. The van der Waals surface area contributed by atoms with Crippen LogP contribution in [0, 0.1) is 13.8 Å². The molecule has 17 heavy (non-hydrogen) atoms. The molecule has 0 saturated carbocycles. The average molecular weight is 252 g/mol. The Morgan fingerprint density at radius 3 is 2.59 bits per heavy atom. The smallest absolute Gasteiger partial charge is 0.134 e. The van der Waals surface area contributed by atoms with Gasteiger partial charge in [0.15, 0.2) is 0 Å². The maximum Gasteiger partial charge on any atom is 0.134 e. The third-order valence-corrected chi connectivity index (χ3v) is 2.70. The summed E-state index contributed by atoms with van der Waals surface area (Å²) in [4.78, 5) is 0. The first-order valence-electron chi connectivity index (χ1n) is 4.99. The molecule has 0 saturated heterocycles. The first-order valence-corrected chi connectivity index (χ1v) is 5.77. The van der Waals surface area contributed by atoms with Crippen molar-refractivity contribution in [2.24, 2.45) is 27.4 Å². The summed E-state index contributed by atoms with van der Waals surface area (Å²) >= 11 is 1.10. The Balaban J connectivity index is 2.77. The predicted molar refractivity (Wildman–Crippen MR) is 71.2 cm³/mol. The van der Waals surface area contributed by atoms with Crippen LogP contribution in [0.15, 0.2) is 26.2 Å². The van der Waals surface area contributed by atoms with E-state index < -0.39 is 0 Å². The van der Waals surface area contributed by atoms with E-state index in [-0.39, 0.29) is 0 Å². The highest BCUT2D eigenvalue weighted by molar-refractivity contribution is 8.01. The molecule has 0 bridgehead atoms. The predicted octanol–water partition coefficient (Wildman–Crippen LogP) is 2.62. The fourth-order valence-corrected chi connectivity index (χ4v) is 1.48. The van der Waals surface area contributed by atoms with E-state index in [1.165, 1.54) is 0 Å². The summed E-state index contributed by atoms with van der Waals surface area (Å²) < 4.78 is 5.69. The fraction of sp³-hybridized carbons (Fsp3) is 0.400. The first kappa shape index (κ1) is 13.4. The van der Waals surface area contributed by atoms with E-state index in [0.29, 0.717) is 10.9 Å². The Hall–Kier alpha value is -1.63. The van der Waals surface area contributed by atoms with Crippen molar-refractivity contribution < 1.29 is 0 Å². The number of amidine groups is 1. The molecule has 0 fully saturated rings. The Morgan fingerprint density at radius 2 is 2.12 bits per heavy atom. The van der Waals surface area contributed by atoms with E-state index in [4.69, 9.17) is 5.73 Å². The van der Waals surface area contributed by atoms with Crippen LogP contribution in [0.4, 0.5) is 5.69 Å². The largest absolute Gasteiger partial charge is 0.387 e. The highest BCUT2D eigenvalue weighted by atomic mass is 32.2. The summed E-state index contributed by atoms with van der Waals surface area (Å²) in [5.41, 5.74) is 7.97. The van der Waals surface area contributed by atoms with Crippen molar-refractivity contribution in [3.63, 3.8) is 0 Å². The number of hydrogen-bond donors (Lipinski definition) is 1. The van der Waals surface area contributed by atoms with Crippen LogP contribution >= 0.6 is 11.9 Å². The summed E-state index contributed by atoms with van der Waals surface area (Å²) in [6, 6.07) is 0. The minimum absolute atomic E-state index is 0.472. The van der Waals surface area contributed by atoms with Crippen molar-refractivity contribution in [2.45, 2.75) is 20.8 Å². The molecule has 0 unspecified atom stereocenters. The van der Waals surface area contributed by atoms with E-state index in [9.17, 15) is 0 Å². The van der Waals surface area contributed by atoms with E-state index in [1.54, 1.807) is 11.6 Å². The van der Waals surface area contributed by atoms with Crippen LogP contribution in [0.2, 0.25) is 0 Å². The molecule has 6 nitrogen and oxygen atoms in total. The standard InChI is InChI=1S/C10H16N6S/c1-6-10(7(2)16(5)14-6)13-12-9(4)17-15-8(3)11/h4H2,1-3,5H3,(H2,11,15). The lowest BCUT2D eigenvalue weighted by Gasteiger charge is -1.94.